The number of hydrogen-bond acceptors (Lipinski definition) is 2. The Hall–Kier alpha value is -1.62. The van der Waals surface area contributed by atoms with Gasteiger partial charge in [-0.2, -0.15) is 0 Å². The quantitative estimate of drug-likeness (QED) is 0.910. The molecule has 2 fully saturated rings. The maximum atomic E-state index is 13.5. The molecule has 120 valence electrons. The lowest BCUT2D eigenvalue weighted by atomic mass is 9.98. The summed E-state index contributed by atoms with van der Waals surface area (Å²) in [7, 11) is 0. The SMILES string of the molecule is Cc1ccc(NC(=O)N2CC(N3CCCC[C@H]3C)C2)cc1F. The molecule has 5 heteroatoms. The van der Waals surface area contributed by atoms with Crippen LogP contribution in [0.15, 0.2) is 18.2 Å². The molecule has 2 saturated heterocycles. The van der Waals surface area contributed by atoms with E-state index in [1.807, 2.05) is 0 Å². The molecule has 1 aromatic carbocycles. The molecular weight excluding hydrogens is 281 g/mol. The minimum absolute atomic E-state index is 0.135. The molecule has 0 bridgehead atoms. The molecule has 1 N–H and O–H groups in total. The Morgan fingerprint density at radius 2 is 2.09 bits per heavy atom. The largest absolute Gasteiger partial charge is 0.321 e. The summed E-state index contributed by atoms with van der Waals surface area (Å²) >= 11 is 0. The Balaban J connectivity index is 1.51. The monoisotopic (exact) mass is 305 g/mol. The number of nitrogens with zero attached hydrogens (tertiary/aromatic N) is 2. The molecule has 2 aliphatic rings. The Morgan fingerprint density at radius 1 is 1.32 bits per heavy atom. The summed E-state index contributed by atoms with van der Waals surface area (Å²) in [4.78, 5) is 16.5. The highest BCUT2D eigenvalue weighted by molar-refractivity contribution is 5.90. The lowest BCUT2D eigenvalue weighted by Gasteiger charge is -2.49. The summed E-state index contributed by atoms with van der Waals surface area (Å²) in [6.07, 6.45) is 3.83. The summed E-state index contributed by atoms with van der Waals surface area (Å²) in [5, 5.41) is 2.78. The van der Waals surface area contributed by atoms with Gasteiger partial charge >= 0.3 is 6.03 Å². The first-order valence-electron chi connectivity index (χ1n) is 8.12. The minimum atomic E-state index is -0.290. The minimum Gasteiger partial charge on any atom is -0.321 e. The van der Waals surface area contributed by atoms with Gasteiger partial charge in [-0.15, -0.1) is 0 Å². The Labute approximate surface area is 131 Å². The normalized spacial score (nSPS) is 23.2. The number of halogens is 1. The number of urea groups is 1. The molecule has 4 nitrogen and oxygen atoms in total. The summed E-state index contributed by atoms with van der Waals surface area (Å²) in [6.45, 7) is 6.66. The number of carbonyl (C=O) groups is 1. The first-order chi connectivity index (χ1) is 10.5. The zero-order valence-corrected chi connectivity index (χ0v) is 13.3. The third kappa shape index (κ3) is 3.09. The Bertz CT molecular complexity index is 557. The number of likely N-dealkylation sites (tertiary alicyclic amines) is 2. The number of hydrogen-bond donors (Lipinski definition) is 1. The molecule has 0 aromatic heterocycles. The second-order valence-electron chi connectivity index (χ2n) is 6.54. The number of piperidine rings is 1. The molecule has 22 heavy (non-hydrogen) atoms. The number of nitrogens with one attached hydrogen (secondary N) is 1. The van der Waals surface area contributed by atoms with E-state index in [4.69, 9.17) is 0 Å². The van der Waals surface area contributed by atoms with Gasteiger partial charge in [-0.05, 0) is 50.9 Å². The van der Waals surface area contributed by atoms with E-state index in [1.54, 1.807) is 24.0 Å². The molecule has 0 saturated carbocycles. The van der Waals surface area contributed by atoms with Gasteiger partial charge in [0.2, 0.25) is 0 Å². The highest BCUT2D eigenvalue weighted by atomic mass is 19.1. The summed E-state index contributed by atoms with van der Waals surface area (Å²) < 4.78 is 13.5. The predicted octanol–water partition coefficient (Wildman–Crippen LogP) is 3.22. The number of rotatable bonds is 2. The maximum Gasteiger partial charge on any atom is 0.321 e. The van der Waals surface area contributed by atoms with Gasteiger partial charge in [-0.1, -0.05) is 12.5 Å². The molecular formula is C17H24FN3O. The van der Waals surface area contributed by atoms with Gasteiger partial charge in [0.25, 0.3) is 0 Å². The van der Waals surface area contributed by atoms with Crippen LogP contribution in [0.1, 0.15) is 31.7 Å². The fraction of sp³-hybridized carbons (Fsp3) is 0.588. The lowest BCUT2D eigenvalue weighted by Crippen LogP contribution is -2.64. The number of aryl methyl sites for hydroxylation is 1. The van der Waals surface area contributed by atoms with Crippen LogP contribution in [0.5, 0.6) is 0 Å². The summed E-state index contributed by atoms with van der Waals surface area (Å²) in [6, 6.07) is 5.76. The van der Waals surface area contributed by atoms with Crippen LogP contribution < -0.4 is 5.32 Å². The second kappa shape index (κ2) is 6.24. The topological polar surface area (TPSA) is 35.6 Å². The van der Waals surface area contributed by atoms with Crippen LogP contribution in [-0.4, -0.2) is 47.5 Å². The molecule has 1 atom stereocenters. The zero-order chi connectivity index (χ0) is 15.7. The van der Waals surface area contributed by atoms with Gasteiger partial charge in [-0.25, -0.2) is 9.18 Å². The van der Waals surface area contributed by atoms with E-state index in [0.717, 1.165) is 19.6 Å². The average molecular weight is 305 g/mol. The molecule has 3 rings (SSSR count). The van der Waals surface area contributed by atoms with Crippen molar-refractivity contribution in [2.45, 2.75) is 45.2 Å². The van der Waals surface area contributed by atoms with Gasteiger partial charge in [0.1, 0.15) is 5.82 Å². The van der Waals surface area contributed by atoms with Gasteiger partial charge < -0.3 is 10.2 Å². The van der Waals surface area contributed by atoms with E-state index < -0.39 is 0 Å². The fourth-order valence-electron chi connectivity index (χ4n) is 3.37. The number of benzene rings is 1. The molecule has 2 heterocycles. The van der Waals surface area contributed by atoms with E-state index in [1.165, 1.54) is 25.3 Å². The first kappa shape index (κ1) is 15.3. The van der Waals surface area contributed by atoms with Crippen LogP contribution in [0.2, 0.25) is 0 Å². The summed E-state index contributed by atoms with van der Waals surface area (Å²) in [5.74, 6) is -0.290. The van der Waals surface area contributed by atoms with Crippen LogP contribution in [-0.2, 0) is 0 Å². The molecule has 0 aliphatic carbocycles. The van der Waals surface area contributed by atoms with Gasteiger partial charge in [0.15, 0.2) is 0 Å². The van der Waals surface area contributed by atoms with E-state index in [2.05, 4.69) is 17.1 Å². The van der Waals surface area contributed by atoms with Crippen LogP contribution >= 0.6 is 0 Å². The van der Waals surface area contributed by atoms with Crippen molar-refractivity contribution in [1.82, 2.24) is 9.80 Å². The number of carbonyl (C=O) groups excluding carboxylic acids is 1. The van der Waals surface area contributed by atoms with Gasteiger partial charge in [-0.3, -0.25) is 4.90 Å². The Morgan fingerprint density at radius 3 is 2.77 bits per heavy atom. The van der Waals surface area contributed by atoms with Crippen molar-refractivity contribution >= 4 is 11.7 Å². The van der Waals surface area contributed by atoms with Crippen molar-refractivity contribution in [1.29, 1.82) is 0 Å². The second-order valence-corrected chi connectivity index (χ2v) is 6.54. The number of amides is 2. The van der Waals surface area contributed by atoms with Crippen molar-refractivity contribution in [3.8, 4) is 0 Å². The zero-order valence-electron chi connectivity index (χ0n) is 13.3. The highest BCUT2D eigenvalue weighted by Gasteiger charge is 2.37. The smallest absolute Gasteiger partial charge is 0.321 e. The van der Waals surface area contributed by atoms with Crippen LogP contribution in [0.25, 0.3) is 0 Å². The van der Waals surface area contributed by atoms with E-state index in [-0.39, 0.29) is 11.8 Å². The van der Waals surface area contributed by atoms with Gasteiger partial charge in [0, 0.05) is 30.9 Å². The third-order valence-electron chi connectivity index (χ3n) is 4.90. The lowest BCUT2D eigenvalue weighted by molar-refractivity contribution is 0.0199. The molecule has 2 amide bonds. The van der Waals surface area contributed by atoms with Crippen LogP contribution in [0.4, 0.5) is 14.9 Å². The van der Waals surface area contributed by atoms with Gasteiger partial charge in [0.05, 0.1) is 0 Å². The van der Waals surface area contributed by atoms with Crippen LogP contribution in [0.3, 0.4) is 0 Å². The van der Waals surface area contributed by atoms with Crippen molar-refractivity contribution in [2.75, 3.05) is 25.0 Å². The van der Waals surface area contributed by atoms with Crippen molar-refractivity contribution in [3.63, 3.8) is 0 Å². The number of anilines is 1. The highest BCUT2D eigenvalue weighted by Crippen LogP contribution is 2.25. The Kier molecular flexibility index (Phi) is 4.34. The molecule has 0 radical (unpaired) electrons. The molecule has 0 unspecified atom stereocenters. The van der Waals surface area contributed by atoms with Crippen molar-refractivity contribution in [3.05, 3.63) is 29.6 Å². The summed E-state index contributed by atoms with van der Waals surface area (Å²) in [5.41, 5.74) is 1.10. The standard InChI is InChI=1S/C17H24FN3O/c1-12-6-7-14(9-16(12)18)19-17(22)20-10-15(11-20)21-8-4-3-5-13(21)2/h6-7,9,13,15H,3-5,8,10-11H2,1-2H3,(H,19,22)/t13-/m1/s1. The van der Waals surface area contributed by atoms with E-state index in [0.29, 0.717) is 23.3 Å². The average Bonchev–Trinajstić information content (AvgIpc) is 2.43. The fourth-order valence-corrected chi connectivity index (χ4v) is 3.37. The van der Waals surface area contributed by atoms with Crippen molar-refractivity contribution < 1.29 is 9.18 Å². The molecule has 0 spiro atoms. The van der Waals surface area contributed by atoms with E-state index in [9.17, 15) is 9.18 Å². The van der Waals surface area contributed by atoms with Crippen LogP contribution in [0, 0.1) is 12.7 Å². The third-order valence-corrected chi connectivity index (χ3v) is 4.90. The molecule has 1 aromatic rings. The van der Waals surface area contributed by atoms with Crippen molar-refractivity contribution in [2.24, 2.45) is 0 Å². The molecule has 2 aliphatic heterocycles. The van der Waals surface area contributed by atoms with E-state index >= 15 is 0 Å². The maximum absolute atomic E-state index is 13.5. The predicted molar refractivity (Wildman–Crippen MR) is 85.5 cm³/mol. The first-order valence-corrected chi connectivity index (χ1v) is 8.12.